The largest absolute Gasteiger partial charge is 0.497 e. The maximum Gasteiger partial charge on any atom is 0.118 e. The van der Waals surface area contributed by atoms with Crippen molar-refractivity contribution in [3.05, 3.63) is 36.4 Å². The molecule has 0 aliphatic rings. The Balaban J connectivity index is 2.23. The van der Waals surface area contributed by atoms with Gasteiger partial charge in [0.1, 0.15) is 5.75 Å². The first-order valence-electron chi connectivity index (χ1n) is 7.10. The predicted octanol–water partition coefficient (Wildman–Crippen LogP) is 5.46. The van der Waals surface area contributed by atoms with E-state index in [9.17, 15) is 0 Å². The van der Waals surface area contributed by atoms with Crippen LogP contribution in [0.1, 0.15) is 57.4 Å². The normalized spacial score (nSPS) is 10.3. The van der Waals surface area contributed by atoms with Crippen molar-refractivity contribution in [2.75, 3.05) is 7.11 Å². The van der Waals surface area contributed by atoms with Crippen LogP contribution in [-0.4, -0.2) is 7.11 Å². The van der Waals surface area contributed by atoms with E-state index in [2.05, 4.69) is 25.6 Å². The van der Waals surface area contributed by atoms with Crippen LogP contribution in [0.3, 0.4) is 0 Å². The predicted molar refractivity (Wildman–Crippen MR) is 80.0 cm³/mol. The molecule has 0 spiro atoms. The molecule has 0 aliphatic heterocycles. The highest BCUT2D eigenvalue weighted by atomic mass is 16.5. The molecule has 0 amide bonds. The summed E-state index contributed by atoms with van der Waals surface area (Å²) >= 11 is 0. The average Bonchev–Trinajstić information content (AvgIpc) is 2.42. The molecule has 0 unspecified atom stereocenters. The van der Waals surface area contributed by atoms with E-state index in [1.165, 1.54) is 49.7 Å². The minimum absolute atomic E-state index is 0.908. The van der Waals surface area contributed by atoms with Crippen LogP contribution in [0.5, 0.6) is 5.75 Å². The molecule has 0 saturated carbocycles. The van der Waals surface area contributed by atoms with Gasteiger partial charge in [0, 0.05) is 0 Å². The van der Waals surface area contributed by atoms with Gasteiger partial charge in [-0.3, -0.25) is 0 Å². The molecule has 0 aliphatic carbocycles. The highest BCUT2D eigenvalue weighted by Crippen LogP contribution is 2.22. The topological polar surface area (TPSA) is 9.23 Å². The molecule has 0 atom stereocenters. The van der Waals surface area contributed by atoms with Crippen LogP contribution < -0.4 is 4.74 Å². The van der Waals surface area contributed by atoms with E-state index in [1.807, 2.05) is 12.1 Å². The van der Waals surface area contributed by atoms with Crippen molar-refractivity contribution < 1.29 is 4.74 Å². The van der Waals surface area contributed by atoms with Crippen LogP contribution in [0, 0.1) is 0 Å². The molecular weight excluding hydrogens is 220 g/mol. The minimum atomic E-state index is 0.908. The summed E-state index contributed by atoms with van der Waals surface area (Å²) in [6, 6.07) is 8.19. The molecule has 0 heterocycles. The zero-order valence-corrected chi connectivity index (χ0v) is 11.9. The van der Waals surface area contributed by atoms with Crippen molar-refractivity contribution in [1.82, 2.24) is 0 Å². The van der Waals surface area contributed by atoms with Gasteiger partial charge in [-0.2, -0.15) is 0 Å². The summed E-state index contributed by atoms with van der Waals surface area (Å²) in [5.74, 6) is 0.908. The number of rotatable bonds is 9. The van der Waals surface area contributed by atoms with Crippen LogP contribution in [0.2, 0.25) is 0 Å². The molecule has 1 aromatic carbocycles. The van der Waals surface area contributed by atoms with Gasteiger partial charge in [0.25, 0.3) is 0 Å². The molecule has 1 rings (SSSR count). The molecule has 0 N–H and O–H groups in total. The zero-order chi connectivity index (χ0) is 13.2. The minimum Gasteiger partial charge on any atom is -0.497 e. The average molecular weight is 246 g/mol. The third kappa shape index (κ3) is 5.39. The first kappa shape index (κ1) is 14.8. The second-order valence-corrected chi connectivity index (χ2v) is 4.85. The van der Waals surface area contributed by atoms with Gasteiger partial charge in [-0.25, -0.2) is 0 Å². The van der Waals surface area contributed by atoms with Crippen molar-refractivity contribution in [3.63, 3.8) is 0 Å². The van der Waals surface area contributed by atoms with E-state index >= 15 is 0 Å². The Morgan fingerprint density at radius 1 is 1.00 bits per heavy atom. The summed E-state index contributed by atoms with van der Waals surface area (Å²) in [6.07, 6.45) is 9.13. The lowest BCUT2D eigenvalue weighted by Gasteiger charge is -2.07. The first-order valence-corrected chi connectivity index (χ1v) is 7.10. The lowest BCUT2D eigenvalue weighted by Crippen LogP contribution is -1.86. The third-order valence-electron chi connectivity index (χ3n) is 3.33. The van der Waals surface area contributed by atoms with E-state index in [1.54, 1.807) is 7.11 Å². The summed E-state index contributed by atoms with van der Waals surface area (Å²) in [5, 5.41) is 0. The molecule has 18 heavy (non-hydrogen) atoms. The van der Waals surface area contributed by atoms with Gasteiger partial charge in [-0.15, -0.1) is 0 Å². The van der Waals surface area contributed by atoms with Gasteiger partial charge in [0.05, 0.1) is 7.11 Å². The number of ether oxygens (including phenoxy) is 1. The second kappa shape index (κ2) is 8.79. The molecule has 0 fully saturated rings. The van der Waals surface area contributed by atoms with Gasteiger partial charge in [0.15, 0.2) is 0 Å². The molecule has 0 aromatic heterocycles. The molecule has 0 radical (unpaired) electrons. The molecule has 1 aromatic rings. The molecule has 100 valence electrons. The van der Waals surface area contributed by atoms with Gasteiger partial charge in [-0.1, -0.05) is 57.7 Å². The van der Waals surface area contributed by atoms with Gasteiger partial charge >= 0.3 is 0 Å². The van der Waals surface area contributed by atoms with Crippen molar-refractivity contribution >= 4 is 5.57 Å². The number of hydrogen-bond donors (Lipinski definition) is 0. The molecule has 0 bridgehead atoms. The quantitative estimate of drug-likeness (QED) is 0.526. The number of hydrogen-bond acceptors (Lipinski definition) is 1. The summed E-state index contributed by atoms with van der Waals surface area (Å²) in [6.45, 7) is 6.43. The van der Waals surface area contributed by atoms with Crippen LogP contribution >= 0.6 is 0 Å². The van der Waals surface area contributed by atoms with Gasteiger partial charge in [0.2, 0.25) is 0 Å². The van der Waals surface area contributed by atoms with E-state index < -0.39 is 0 Å². The van der Waals surface area contributed by atoms with Crippen molar-refractivity contribution in [3.8, 4) is 5.75 Å². The summed E-state index contributed by atoms with van der Waals surface area (Å²) in [5.41, 5.74) is 2.48. The highest BCUT2D eigenvalue weighted by Gasteiger charge is 1.99. The monoisotopic (exact) mass is 246 g/mol. The van der Waals surface area contributed by atoms with E-state index in [-0.39, 0.29) is 0 Å². The number of benzene rings is 1. The zero-order valence-electron chi connectivity index (χ0n) is 11.9. The summed E-state index contributed by atoms with van der Waals surface area (Å²) < 4.78 is 5.16. The van der Waals surface area contributed by atoms with E-state index in [0.717, 1.165) is 12.2 Å². The van der Waals surface area contributed by atoms with Crippen molar-refractivity contribution in [1.29, 1.82) is 0 Å². The second-order valence-electron chi connectivity index (χ2n) is 4.85. The Morgan fingerprint density at radius 2 is 1.61 bits per heavy atom. The van der Waals surface area contributed by atoms with Crippen molar-refractivity contribution in [2.24, 2.45) is 0 Å². The first-order chi connectivity index (χ1) is 8.77. The Morgan fingerprint density at radius 3 is 2.22 bits per heavy atom. The fraction of sp³-hybridized carbons (Fsp3) is 0.529. The Bertz CT molecular complexity index is 337. The fourth-order valence-electron chi connectivity index (χ4n) is 2.09. The lowest BCUT2D eigenvalue weighted by molar-refractivity contribution is 0.415. The maximum absolute atomic E-state index is 5.16. The van der Waals surface area contributed by atoms with Crippen LogP contribution in [-0.2, 0) is 0 Å². The van der Waals surface area contributed by atoms with Crippen LogP contribution in [0.15, 0.2) is 30.8 Å². The standard InChI is InChI=1S/C17H26O/c1-4-5-6-7-8-9-10-15(2)16-11-13-17(18-3)14-12-16/h11-14H,2,4-10H2,1,3H3. The molecule has 1 nitrogen and oxygen atoms in total. The maximum atomic E-state index is 5.16. The SMILES string of the molecule is C=C(CCCCCCCC)c1ccc(OC)cc1. The Hall–Kier alpha value is -1.24. The van der Waals surface area contributed by atoms with Crippen molar-refractivity contribution in [2.45, 2.75) is 51.9 Å². The lowest BCUT2D eigenvalue weighted by atomic mass is 10.0. The number of methoxy groups -OCH3 is 1. The number of unbranched alkanes of at least 4 members (excludes halogenated alkanes) is 5. The summed E-state index contributed by atoms with van der Waals surface area (Å²) in [4.78, 5) is 0. The Kier molecular flexibility index (Phi) is 7.24. The smallest absolute Gasteiger partial charge is 0.118 e. The van der Waals surface area contributed by atoms with E-state index in [0.29, 0.717) is 0 Å². The highest BCUT2D eigenvalue weighted by molar-refractivity contribution is 5.63. The van der Waals surface area contributed by atoms with E-state index in [4.69, 9.17) is 4.74 Å². The number of allylic oxidation sites excluding steroid dienone is 1. The van der Waals surface area contributed by atoms with Gasteiger partial charge in [-0.05, 0) is 36.1 Å². The molecule has 0 saturated heterocycles. The third-order valence-corrected chi connectivity index (χ3v) is 3.33. The van der Waals surface area contributed by atoms with Crippen LogP contribution in [0.25, 0.3) is 5.57 Å². The fourth-order valence-corrected chi connectivity index (χ4v) is 2.09. The summed E-state index contributed by atoms with van der Waals surface area (Å²) in [7, 11) is 1.69. The Labute approximate surface area is 112 Å². The van der Waals surface area contributed by atoms with Crippen LogP contribution in [0.4, 0.5) is 0 Å². The van der Waals surface area contributed by atoms with Gasteiger partial charge < -0.3 is 4.74 Å². The molecular formula is C17H26O. The molecule has 1 heteroatoms.